The molecule has 0 spiro atoms. The van der Waals surface area contributed by atoms with E-state index in [0.717, 1.165) is 24.5 Å². The Balaban J connectivity index is 2.86. The van der Waals surface area contributed by atoms with Crippen molar-refractivity contribution in [1.82, 2.24) is 9.88 Å². The predicted molar refractivity (Wildman–Crippen MR) is 74.9 cm³/mol. The van der Waals surface area contributed by atoms with Crippen molar-refractivity contribution in [3.05, 3.63) is 23.4 Å². The summed E-state index contributed by atoms with van der Waals surface area (Å²) in [6, 6.07) is 3.62. The quantitative estimate of drug-likeness (QED) is 0.872. The van der Waals surface area contributed by atoms with Crippen molar-refractivity contribution >= 4 is 11.7 Å². The number of hydrogen-bond acceptors (Lipinski definition) is 3. The van der Waals surface area contributed by atoms with Gasteiger partial charge in [-0.1, -0.05) is 20.3 Å². The van der Waals surface area contributed by atoms with Crippen molar-refractivity contribution in [2.24, 2.45) is 5.92 Å². The van der Waals surface area contributed by atoms with Gasteiger partial charge in [0.05, 0.1) is 0 Å². The van der Waals surface area contributed by atoms with E-state index in [1.807, 2.05) is 20.0 Å². The molecule has 0 aliphatic carbocycles. The molecular weight excluding hydrogens is 226 g/mol. The first kappa shape index (κ1) is 14.5. The van der Waals surface area contributed by atoms with E-state index in [4.69, 9.17) is 0 Å². The first-order valence-corrected chi connectivity index (χ1v) is 6.39. The van der Waals surface area contributed by atoms with E-state index >= 15 is 0 Å². The largest absolute Gasteiger partial charge is 0.373 e. The number of anilines is 1. The van der Waals surface area contributed by atoms with Crippen LogP contribution in [0.2, 0.25) is 0 Å². The Kier molecular flexibility index (Phi) is 5.13. The van der Waals surface area contributed by atoms with Gasteiger partial charge in [-0.05, 0) is 25.0 Å². The summed E-state index contributed by atoms with van der Waals surface area (Å²) < 4.78 is 0. The third-order valence-corrected chi connectivity index (χ3v) is 3.09. The van der Waals surface area contributed by atoms with Gasteiger partial charge in [0.25, 0.3) is 5.91 Å². The average Bonchev–Trinajstić information content (AvgIpc) is 2.36. The molecule has 0 bridgehead atoms. The van der Waals surface area contributed by atoms with Crippen molar-refractivity contribution in [3.8, 4) is 0 Å². The lowest BCUT2D eigenvalue weighted by Gasteiger charge is -2.21. The van der Waals surface area contributed by atoms with Crippen molar-refractivity contribution in [2.45, 2.75) is 27.2 Å². The van der Waals surface area contributed by atoms with Crippen LogP contribution in [-0.2, 0) is 0 Å². The summed E-state index contributed by atoms with van der Waals surface area (Å²) in [6.07, 6.45) is 1.08. The molecule has 1 N–H and O–H groups in total. The second-order valence-corrected chi connectivity index (χ2v) is 4.83. The van der Waals surface area contributed by atoms with E-state index < -0.39 is 0 Å². The maximum Gasteiger partial charge on any atom is 0.253 e. The van der Waals surface area contributed by atoms with Crippen LogP contribution in [0.4, 0.5) is 5.82 Å². The second kappa shape index (κ2) is 6.38. The summed E-state index contributed by atoms with van der Waals surface area (Å²) in [7, 11) is 3.65. The Hall–Kier alpha value is -1.58. The van der Waals surface area contributed by atoms with Crippen molar-refractivity contribution in [1.29, 1.82) is 0 Å². The zero-order chi connectivity index (χ0) is 13.7. The number of aromatic nitrogens is 1. The van der Waals surface area contributed by atoms with Gasteiger partial charge in [0.2, 0.25) is 0 Å². The summed E-state index contributed by atoms with van der Waals surface area (Å²) >= 11 is 0. The highest BCUT2D eigenvalue weighted by molar-refractivity contribution is 5.94. The smallest absolute Gasteiger partial charge is 0.253 e. The Morgan fingerprint density at radius 1 is 1.50 bits per heavy atom. The monoisotopic (exact) mass is 249 g/mol. The maximum atomic E-state index is 12.3. The van der Waals surface area contributed by atoms with Crippen LogP contribution >= 0.6 is 0 Å². The van der Waals surface area contributed by atoms with Gasteiger partial charge in [0, 0.05) is 31.9 Å². The van der Waals surface area contributed by atoms with Crippen molar-refractivity contribution < 1.29 is 4.79 Å². The van der Waals surface area contributed by atoms with Crippen LogP contribution in [0.25, 0.3) is 0 Å². The van der Waals surface area contributed by atoms with Gasteiger partial charge in [-0.25, -0.2) is 4.98 Å². The second-order valence-electron chi connectivity index (χ2n) is 4.83. The van der Waals surface area contributed by atoms with E-state index in [9.17, 15) is 4.79 Å². The molecule has 1 amide bonds. The van der Waals surface area contributed by atoms with Gasteiger partial charge < -0.3 is 10.2 Å². The molecule has 1 aromatic heterocycles. The van der Waals surface area contributed by atoms with Crippen LogP contribution in [0, 0.1) is 12.8 Å². The molecule has 100 valence electrons. The maximum absolute atomic E-state index is 12.3. The lowest BCUT2D eigenvalue weighted by Crippen LogP contribution is -2.31. The molecular formula is C14H23N3O. The molecule has 0 aromatic carbocycles. The van der Waals surface area contributed by atoms with Crippen LogP contribution in [0.5, 0.6) is 0 Å². The molecule has 0 aliphatic heterocycles. The van der Waals surface area contributed by atoms with E-state index in [-0.39, 0.29) is 5.91 Å². The standard InChI is InChI=1S/C14H23N3O/c1-6-10(2)9-17(5)14(18)12-7-11(3)16-13(8-12)15-4/h7-8,10H,6,9H2,1-5H3,(H,15,16). The number of aryl methyl sites for hydroxylation is 1. The molecule has 4 nitrogen and oxygen atoms in total. The fourth-order valence-corrected chi connectivity index (χ4v) is 1.82. The SMILES string of the molecule is CCC(C)CN(C)C(=O)c1cc(C)nc(NC)c1. The zero-order valence-corrected chi connectivity index (χ0v) is 11.9. The van der Waals surface area contributed by atoms with E-state index in [0.29, 0.717) is 11.5 Å². The van der Waals surface area contributed by atoms with E-state index in [2.05, 4.69) is 24.1 Å². The summed E-state index contributed by atoms with van der Waals surface area (Å²) in [5.74, 6) is 1.30. The molecule has 18 heavy (non-hydrogen) atoms. The highest BCUT2D eigenvalue weighted by Crippen LogP contribution is 2.13. The fourth-order valence-electron chi connectivity index (χ4n) is 1.82. The Morgan fingerprint density at radius 3 is 2.72 bits per heavy atom. The third-order valence-electron chi connectivity index (χ3n) is 3.09. The van der Waals surface area contributed by atoms with Crippen LogP contribution in [0.1, 0.15) is 36.3 Å². The summed E-state index contributed by atoms with van der Waals surface area (Å²) in [5.41, 5.74) is 1.54. The first-order valence-electron chi connectivity index (χ1n) is 6.39. The van der Waals surface area contributed by atoms with Crippen LogP contribution in [0.15, 0.2) is 12.1 Å². The molecule has 0 radical (unpaired) electrons. The van der Waals surface area contributed by atoms with Gasteiger partial charge >= 0.3 is 0 Å². The number of rotatable bonds is 5. The normalized spacial score (nSPS) is 12.1. The lowest BCUT2D eigenvalue weighted by molar-refractivity contribution is 0.0775. The van der Waals surface area contributed by atoms with Gasteiger partial charge in [0.15, 0.2) is 0 Å². The molecule has 0 fully saturated rings. The Morgan fingerprint density at radius 2 is 2.17 bits per heavy atom. The molecule has 0 aliphatic rings. The number of hydrogen-bond donors (Lipinski definition) is 1. The molecule has 1 unspecified atom stereocenters. The van der Waals surface area contributed by atoms with Crippen LogP contribution in [-0.4, -0.2) is 36.4 Å². The highest BCUT2D eigenvalue weighted by atomic mass is 16.2. The topological polar surface area (TPSA) is 45.2 Å². The van der Waals surface area contributed by atoms with Crippen molar-refractivity contribution in [2.75, 3.05) is 26.0 Å². The highest BCUT2D eigenvalue weighted by Gasteiger charge is 2.15. The number of amides is 1. The Bertz CT molecular complexity index is 418. The summed E-state index contributed by atoms with van der Waals surface area (Å²) in [4.78, 5) is 18.4. The molecule has 1 heterocycles. The fraction of sp³-hybridized carbons (Fsp3) is 0.571. The average molecular weight is 249 g/mol. The summed E-state index contributed by atoms with van der Waals surface area (Å²) in [6.45, 7) is 6.97. The van der Waals surface area contributed by atoms with Gasteiger partial charge in [-0.3, -0.25) is 4.79 Å². The Labute approximate surface area is 109 Å². The molecule has 4 heteroatoms. The first-order chi connectivity index (χ1) is 8.47. The lowest BCUT2D eigenvalue weighted by atomic mass is 10.1. The zero-order valence-electron chi connectivity index (χ0n) is 11.9. The number of nitrogens with zero attached hydrogens (tertiary/aromatic N) is 2. The third kappa shape index (κ3) is 3.72. The minimum absolute atomic E-state index is 0.0531. The summed E-state index contributed by atoms with van der Waals surface area (Å²) in [5, 5.41) is 2.97. The van der Waals surface area contributed by atoms with E-state index in [1.165, 1.54) is 0 Å². The minimum atomic E-state index is 0.0531. The van der Waals surface area contributed by atoms with Gasteiger partial charge in [-0.2, -0.15) is 0 Å². The number of nitrogens with one attached hydrogen (secondary N) is 1. The molecule has 1 rings (SSSR count). The molecule has 0 saturated heterocycles. The van der Waals surface area contributed by atoms with Gasteiger partial charge in [-0.15, -0.1) is 0 Å². The minimum Gasteiger partial charge on any atom is -0.373 e. The van der Waals surface area contributed by atoms with E-state index in [1.54, 1.807) is 18.0 Å². The predicted octanol–water partition coefficient (Wildman–Crippen LogP) is 2.55. The molecule has 0 saturated carbocycles. The number of carbonyl (C=O) groups is 1. The number of pyridine rings is 1. The number of carbonyl (C=O) groups excluding carboxylic acids is 1. The van der Waals surface area contributed by atoms with Crippen LogP contribution < -0.4 is 5.32 Å². The molecule has 1 aromatic rings. The van der Waals surface area contributed by atoms with Gasteiger partial charge in [0.1, 0.15) is 5.82 Å². The van der Waals surface area contributed by atoms with Crippen molar-refractivity contribution in [3.63, 3.8) is 0 Å². The molecule has 1 atom stereocenters. The van der Waals surface area contributed by atoms with Crippen LogP contribution in [0.3, 0.4) is 0 Å².